The summed E-state index contributed by atoms with van der Waals surface area (Å²) >= 11 is 1.08. The average molecular weight is 443 g/mol. The normalized spacial score (nSPS) is 11.3. The highest BCUT2D eigenvalue weighted by Gasteiger charge is 2.23. The first-order valence-electron chi connectivity index (χ1n) is 9.11. The molecule has 0 aliphatic heterocycles. The number of benzene rings is 2. The molecular weight excluding hydrogens is 420 g/mol. The van der Waals surface area contributed by atoms with Crippen LogP contribution in [-0.4, -0.2) is 30.0 Å². The van der Waals surface area contributed by atoms with Crippen molar-refractivity contribution in [1.29, 1.82) is 0 Å². The molecule has 0 aliphatic carbocycles. The summed E-state index contributed by atoms with van der Waals surface area (Å²) in [7, 11) is -3.84. The predicted octanol–water partition coefficient (Wildman–Crippen LogP) is 3.55. The zero-order valence-corrected chi connectivity index (χ0v) is 18.5. The summed E-state index contributed by atoms with van der Waals surface area (Å²) in [6.07, 6.45) is 1.19. The van der Waals surface area contributed by atoms with Crippen LogP contribution in [0.2, 0.25) is 0 Å². The van der Waals surface area contributed by atoms with Gasteiger partial charge in [-0.3, -0.25) is 4.79 Å². The Kier molecular flexibility index (Phi) is 6.42. The van der Waals surface area contributed by atoms with Crippen LogP contribution in [0.5, 0.6) is 0 Å². The second-order valence-corrected chi connectivity index (χ2v) is 9.72. The Balaban J connectivity index is 1.71. The minimum atomic E-state index is -3.84. The number of nitrogens with one attached hydrogen (secondary N) is 1. The van der Waals surface area contributed by atoms with Gasteiger partial charge in [-0.05, 0) is 56.2 Å². The van der Waals surface area contributed by atoms with Crippen molar-refractivity contribution in [3.63, 3.8) is 0 Å². The SMILES string of the molecule is Cc1ccc(NC(=O)CSc2ncc(S(=O)(=O)c3ccc(C)c(C)c3)c(N)n2)cc1. The van der Waals surface area contributed by atoms with Gasteiger partial charge in [0, 0.05) is 5.69 Å². The molecule has 0 aliphatic rings. The number of hydrogen-bond donors (Lipinski definition) is 2. The maximum absolute atomic E-state index is 12.9. The van der Waals surface area contributed by atoms with Crippen molar-refractivity contribution >= 4 is 39.0 Å². The van der Waals surface area contributed by atoms with E-state index in [1.807, 2.05) is 45.0 Å². The zero-order valence-electron chi connectivity index (χ0n) is 16.8. The first-order chi connectivity index (χ1) is 14.2. The van der Waals surface area contributed by atoms with Crippen LogP contribution in [0.25, 0.3) is 0 Å². The van der Waals surface area contributed by atoms with Gasteiger partial charge in [0.05, 0.1) is 16.8 Å². The number of aryl methyl sites for hydroxylation is 3. The maximum Gasteiger partial charge on any atom is 0.234 e. The number of hydrogen-bond acceptors (Lipinski definition) is 7. The molecule has 9 heteroatoms. The van der Waals surface area contributed by atoms with Crippen LogP contribution in [0.4, 0.5) is 11.5 Å². The average Bonchev–Trinajstić information content (AvgIpc) is 2.70. The van der Waals surface area contributed by atoms with E-state index in [-0.39, 0.29) is 32.4 Å². The van der Waals surface area contributed by atoms with E-state index in [2.05, 4.69) is 15.3 Å². The van der Waals surface area contributed by atoms with Crippen molar-refractivity contribution in [3.05, 3.63) is 65.4 Å². The highest BCUT2D eigenvalue weighted by atomic mass is 32.2. The molecule has 0 saturated carbocycles. The van der Waals surface area contributed by atoms with Crippen molar-refractivity contribution in [2.24, 2.45) is 0 Å². The lowest BCUT2D eigenvalue weighted by Gasteiger charge is -2.10. The van der Waals surface area contributed by atoms with Crippen molar-refractivity contribution < 1.29 is 13.2 Å². The number of thioether (sulfide) groups is 1. The molecule has 0 saturated heterocycles. The molecule has 0 atom stereocenters. The van der Waals surface area contributed by atoms with Gasteiger partial charge < -0.3 is 11.1 Å². The summed E-state index contributed by atoms with van der Waals surface area (Å²) in [5.41, 5.74) is 9.57. The molecule has 1 aromatic heterocycles. The molecule has 2 aromatic carbocycles. The highest BCUT2D eigenvalue weighted by Crippen LogP contribution is 2.27. The largest absolute Gasteiger partial charge is 0.382 e. The number of carbonyl (C=O) groups excluding carboxylic acids is 1. The molecule has 3 N–H and O–H groups in total. The molecular formula is C21H22N4O3S2. The summed E-state index contributed by atoms with van der Waals surface area (Å²) in [5, 5.41) is 3.01. The van der Waals surface area contributed by atoms with Crippen molar-refractivity contribution in [2.75, 3.05) is 16.8 Å². The van der Waals surface area contributed by atoms with Crippen LogP contribution in [-0.2, 0) is 14.6 Å². The van der Waals surface area contributed by atoms with Crippen LogP contribution in [0.3, 0.4) is 0 Å². The second kappa shape index (κ2) is 8.85. The van der Waals surface area contributed by atoms with E-state index >= 15 is 0 Å². The summed E-state index contributed by atoms with van der Waals surface area (Å²) in [6.45, 7) is 5.72. The van der Waals surface area contributed by atoms with Crippen molar-refractivity contribution in [3.8, 4) is 0 Å². The Labute approximate surface area is 180 Å². The van der Waals surface area contributed by atoms with Gasteiger partial charge in [-0.15, -0.1) is 0 Å². The molecule has 0 fully saturated rings. The maximum atomic E-state index is 12.9. The summed E-state index contributed by atoms with van der Waals surface area (Å²) in [5.74, 6) is -0.307. The molecule has 1 heterocycles. The first-order valence-corrected chi connectivity index (χ1v) is 11.6. The Bertz CT molecular complexity index is 1190. The van der Waals surface area contributed by atoms with Crippen LogP contribution in [0.15, 0.2) is 63.6 Å². The number of nitrogens with two attached hydrogens (primary N) is 1. The number of sulfone groups is 1. The number of rotatable bonds is 6. The number of aromatic nitrogens is 2. The minimum Gasteiger partial charge on any atom is -0.382 e. The topological polar surface area (TPSA) is 115 Å². The van der Waals surface area contributed by atoms with Crippen LogP contribution in [0.1, 0.15) is 16.7 Å². The molecule has 0 radical (unpaired) electrons. The zero-order chi connectivity index (χ0) is 21.9. The van der Waals surface area contributed by atoms with Crippen molar-refractivity contribution in [1.82, 2.24) is 9.97 Å². The van der Waals surface area contributed by atoms with Gasteiger partial charge in [0.15, 0.2) is 5.16 Å². The lowest BCUT2D eigenvalue weighted by Crippen LogP contribution is -2.14. The van der Waals surface area contributed by atoms with E-state index < -0.39 is 9.84 Å². The third-order valence-corrected chi connectivity index (χ3v) is 7.14. The number of amides is 1. The van der Waals surface area contributed by atoms with Gasteiger partial charge in [0.25, 0.3) is 0 Å². The monoisotopic (exact) mass is 442 g/mol. The molecule has 0 bridgehead atoms. The van der Waals surface area contributed by atoms with E-state index in [0.29, 0.717) is 5.69 Å². The molecule has 30 heavy (non-hydrogen) atoms. The number of anilines is 2. The van der Waals surface area contributed by atoms with Crippen LogP contribution in [0, 0.1) is 20.8 Å². The fourth-order valence-electron chi connectivity index (χ4n) is 2.62. The minimum absolute atomic E-state index is 0.0660. The quantitative estimate of drug-likeness (QED) is 0.443. The lowest BCUT2D eigenvalue weighted by atomic mass is 10.1. The number of nitrogens with zero attached hydrogens (tertiary/aromatic N) is 2. The Morgan fingerprint density at radius 1 is 1.07 bits per heavy atom. The van der Waals surface area contributed by atoms with E-state index in [4.69, 9.17) is 5.73 Å². The standard InChI is InChI=1S/C21H22N4O3S2/c1-13-4-7-16(8-5-13)24-19(26)12-29-21-23-11-18(20(22)25-21)30(27,28)17-9-6-14(2)15(3)10-17/h4-11H,12H2,1-3H3,(H,24,26)(H2,22,23,25). The number of nitrogen functional groups attached to an aromatic ring is 1. The summed E-state index contributed by atoms with van der Waals surface area (Å²) < 4.78 is 25.8. The molecule has 0 spiro atoms. The van der Waals surface area contributed by atoms with Crippen molar-refractivity contribution in [2.45, 2.75) is 35.7 Å². The fraction of sp³-hybridized carbons (Fsp3) is 0.190. The molecule has 156 valence electrons. The van der Waals surface area contributed by atoms with E-state index in [1.54, 1.807) is 12.1 Å². The van der Waals surface area contributed by atoms with Gasteiger partial charge >= 0.3 is 0 Å². The number of carbonyl (C=O) groups is 1. The van der Waals surface area contributed by atoms with E-state index in [0.717, 1.165) is 28.5 Å². The summed E-state index contributed by atoms with van der Waals surface area (Å²) in [6, 6.07) is 12.3. The molecule has 3 rings (SSSR count). The van der Waals surface area contributed by atoms with Gasteiger partial charge in [0.2, 0.25) is 15.7 Å². The third-order valence-electron chi connectivity index (χ3n) is 4.51. The predicted molar refractivity (Wildman–Crippen MR) is 118 cm³/mol. The van der Waals surface area contributed by atoms with Gasteiger partial charge in [-0.2, -0.15) is 0 Å². The van der Waals surface area contributed by atoms with Crippen LogP contribution < -0.4 is 11.1 Å². The van der Waals surface area contributed by atoms with Crippen LogP contribution >= 0.6 is 11.8 Å². The molecule has 7 nitrogen and oxygen atoms in total. The Morgan fingerprint density at radius 2 is 1.77 bits per heavy atom. The lowest BCUT2D eigenvalue weighted by molar-refractivity contribution is -0.113. The Hall–Kier alpha value is -2.91. The Morgan fingerprint density at radius 3 is 2.40 bits per heavy atom. The smallest absolute Gasteiger partial charge is 0.234 e. The van der Waals surface area contributed by atoms with Gasteiger partial charge in [-0.1, -0.05) is 35.5 Å². The molecule has 3 aromatic rings. The second-order valence-electron chi connectivity index (χ2n) is 6.85. The highest BCUT2D eigenvalue weighted by molar-refractivity contribution is 7.99. The van der Waals surface area contributed by atoms with E-state index in [1.165, 1.54) is 12.3 Å². The third kappa shape index (κ3) is 4.98. The van der Waals surface area contributed by atoms with Gasteiger partial charge in [0.1, 0.15) is 10.7 Å². The molecule has 1 amide bonds. The molecule has 0 unspecified atom stereocenters. The van der Waals surface area contributed by atoms with E-state index in [9.17, 15) is 13.2 Å². The summed E-state index contributed by atoms with van der Waals surface area (Å²) in [4.78, 5) is 20.2. The van der Waals surface area contributed by atoms with Gasteiger partial charge in [-0.25, -0.2) is 18.4 Å². The fourth-order valence-corrected chi connectivity index (χ4v) is 4.58. The first kappa shape index (κ1) is 21.8.